The van der Waals surface area contributed by atoms with E-state index in [-0.39, 0.29) is 0 Å². The van der Waals surface area contributed by atoms with Gasteiger partial charge in [0.15, 0.2) is 0 Å². The normalized spacial score (nSPS) is 11.8. The van der Waals surface area contributed by atoms with Crippen LogP contribution in [0.3, 0.4) is 0 Å². The van der Waals surface area contributed by atoms with Crippen molar-refractivity contribution < 1.29 is 8.83 Å². The molecule has 0 atom stereocenters. The van der Waals surface area contributed by atoms with Crippen LogP contribution in [-0.2, 0) is 0 Å². The summed E-state index contributed by atoms with van der Waals surface area (Å²) < 4.78 is 12.4. The van der Waals surface area contributed by atoms with Crippen LogP contribution in [0, 0.1) is 0 Å². The molecule has 11 aromatic rings. The molecule has 0 saturated heterocycles. The molecule has 0 N–H and O–H groups in total. The molecule has 0 unspecified atom stereocenters. The number of benzene rings is 7. The summed E-state index contributed by atoms with van der Waals surface area (Å²) >= 11 is 0. The molecular formula is C48H28N2O2. The lowest BCUT2D eigenvalue weighted by Crippen LogP contribution is -1.92. The second-order valence-corrected chi connectivity index (χ2v) is 13.4. The first-order chi connectivity index (χ1) is 25.7. The lowest BCUT2D eigenvalue weighted by molar-refractivity contribution is 0.668. The van der Waals surface area contributed by atoms with E-state index in [1.807, 2.05) is 42.5 Å². The molecular weight excluding hydrogens is 637 g/mol. The van der Waals surface area contributed by atoms with E-state index in [1.54, 1.807) is 0 Å². The Hall–Kier alpha value is -7.04. The van der Waals surface area contributed by atoms with Crippen LogP contribution in [0.1, 0.15) is 0 Å². The average Bonchev–Trinajstić information content (AvgIpc) is 3.78. The summed E-state index contributed by atoms with van der Waals surface area (Å²) in [4.78, 5) is 10.5. The molecule has 4 aromatic heterocycles. The van der Waals surface area contributed by atoms with E-state index in [4.69, 9.17) is 18.8 Å². The zero-order valence-corrected chi connectivity index (χ0v) is 27.9. The number of hydrogen-bond donors (Lipinski definition) is 0. The molecule has 11 rings (SSSR count). The number of fused-ring (bicyclic) bond motifs is 9. The molecule has 0 aliphatic heterocycles. The van der Waals surface area contributed by atoms with Crippen LogP contribution < -0.4 is 0 Å². The van der Waals surface area contributed by atoms with Gasteiger partial charge in [-0.15, -0.1) is 0 Å². The predicted molar refractivity (Wildman–Crippen MR) is 213 cm³/mol. The molecule has 0 aliphatic rings. The predicted octanol–water partition coefficient (Wildman–Crippen LogP) is 13.2. The number of aromatic nitrogens is 2. The van der Waals surface area contributed by atoms with Gasteiger partial charge < -0.3 is 8.83 Å². The Labute approximate surface area is 298 Å². The summed E-state index contributed by atoms with van der Waals surface area (Å²) in [6.07, 6.45) is 0. The van der Waals surface area contributed by atoms with Crippen molar-refractivity contribution in [3.8, 4) is 44.8 Å². The summed E-state index contributed by atoms with van der Waals surface area (Å²) in [5, 5.41) is 6.54. The second-order valence-electron chi connectivity index (χ2n) is 13.4. The lowest BCUT2D eigenvalue weighted by Gasteiger charge is -2.12. The van der Waals surface area contributed by atoms with Gasteiger partial charge in [0.05, 0.1) is 22.4 Å². The van der Waals surface area contributed by atoms with E-state index in [2.05, 4.69) is 127 Å². The van der Waals surface area contributed by atoms with Crippen LogP contribution in [0.15, 0.2) is 179 Å². The molecule has 0 fully saturated rings. The second kappa shape index (κ2) is 11.2. The van der Waals surface area contributed by atoms with E-state index >= 15 is 0 Å². The topological polar surface area (TPSA) is 52.1 Å². The number of furan rings is 2. The maximum Gasteiger partial charge on any atom is 0.135 e. The van der Waals surface area contributed by atoms with Crippen LogP contribution in [0.4, 0.5) is 0 Å². The molecule has 52 heavy (non-hydrogen) atoms. The quantitative estimate of drug-likeness (QED) is 0.176. The van der Waals surface area contributed by atoms with Crippen LogP contribution >= 0.6 is 0 Å². The zero-order valence-electron chi connectivity index (χ0n) is 27.9. The molecule has 242 valence electrons. The number of pyridine rings is 2. The van der Waals surface area contributed by atoms with Gasteiger partial charge in [-0.2, -0.15) is 0 Å². The first kappa shape index (κ1) is 28.8. The minimum Gasteiger partial charge on any atom is -0.456 e. The molecule has 0 radical (unpaired) electrons. The summed E-state index contributed by atoms with van der Waals surface area (Å²) in [5.74, 6) is 0. The number of para-hydroxylation sites is 2. The Morgan fingerprint density at radius 3 is 1.29 bits per heavy atom. The summed E-state index contributed by atoms with van der Waals surface area (Å²) in [6.45, 7) is 0. The van der Waals surface area contributed by atoms with Crippen molar-refractivity contribution in [1.29, 1.82) is 0 Å². The van der Waals surface area contributed by atoms with Crippen LogP contribution in [0.2, 0.25) is 0 Å². The number of hydrogen-bond acceptors (Lipinski definition) is 4. The maximum absolute atomic E-state index is 6.19. The summed E-state index contributed by atoms with van der Waals surface area (Å²) in [5.41, 5.74) is 13.7. The Kier molecular flexibility index (Phi) is 6.22. The van der Waals surface area contributed by atoms with Crippen molar-refractivity contribution in [2.75, 3.05) is 0 Å². The summed E-state index contributed by atoms with van der Waals surface area (Å²) in [6, 6.07) is 59.3. The van der Waals surface area contributed by atoms with Gasteiger partial charge in [-0.05, 0) is 89.0 Å². The SMILES string of the molecule is c1ccc(-c2ccc3ccc4ccc(-c5cc(-c6ccc7oc8ccccc8c7c6)cc(-c6ccc7oc8ccccc8c7c6)c5)nc4c3n2)cc1. The Bertz CT molecular complexity index is 3060. The van der Waals surface area contributed by atoms with E-state index in [9.17, 15) is 0 Å². The molecule has 4 heterocycles. The van der Waals surface area contributed by atoms with Crippen molar-refractivity contribution in [3.63, 3.8) is 0 Å². The highest BCUT2D eigenvalue weighted by Crippen LogP contribution is 2.39. The molecule has 7 aromatic carbocycles. The molecule has 0 saturated carbocycles. The largest absolute Gasteiger partial charge is 0.456 e. The fraction of sp³-hybridized carbons (Fsp3) is 0. The Balaban J connectivity index is 1.13. The van der Waals surface area contributed by atoms with Gasteiger partial charge in [0.1, 0.15) is 22.3 Å². The van der Waals surface area contributed by atoms with E-state index in [0.717, 1.165) is 110 Å². The van der Waals surface area contributed by atoms with Gasteiger partial charge in [0.2, 0.25) is 0 Å². The van der Waals surface area contributed by atoms with Crippen molar-refractivity contribution in [1.82, 2.24) is 9.97 Å². The molecule has 0 amide bonds. The fourth-order valence-corrected chi connectivity index (χ4v) is 7.62. The van der Waals surface area contributed by atoms with E-state index in [1.165, 1.54) is 0 Å². The smallest absolute Gasteiger partial charge is 0.135 e. The number of nitrogens with zero attached hydrogens (tertiary/aromatic N) is 2. The average molecular weight is 665 g/mol. The first-order valence-electron chi connectivity index (χ1n) is 17.5. The lowest BCUT2D eigenvalue weighted by atomic mass is 9.93. The zero-order chi connectivity index (χ0) is 34.2. The highest BCUT2D eigenvalue weighted by atomic mass is 16.3. The van der Waals surface area contributed by atoms with Gasteiger partial charge in [0, 0.05) is 43.4 Å². The van der Waals surface area contributed by atoms with Gasteiger partial charge in [-0.3, -0.25) is 0 Å². The minimum atomic E-state index is 0.879. The van der Waals surface area contributed by atoms with E-state index in [0.29, 0.717) is 0 Å². The molecule has 4 heteroatoms. The maximum atomic E-state index is 6.19. The Morgan fingerprint density at radius 2 is 0.731 bits per heavy atom. The molecule has 0 bridgehead atoms. The van der Waals surface area contributed by atoms with Gasteiger partial charge in [-0.25, -0.2) is 9.97 Å². The third-order valence-electron chi connectivity index (χ3n) is 10.2. The molecule has 4 nitrogen and oxygen atoms in total. The minimum absolute atomic E-state index is 0.879. The van der Waals surface area contributed by atoms with Crippen molar-refractivity contribution in [2.45, 2.75) is 0 Å². The van der Waals surface area contributed by atoms with Crippen molar-refractivity contribution in [3.05, 3.63) is 170 Å². The van der Waals surface area contributed by atoms with Crippen molar-refractivity contribution in [2.24, 2.45) is 0 Å². The molecule has 0 aliphatic carbocycles. The highest BCUT2D eigenvalue weighted by Gasteiger charge is 2.15. The van der Waals surface area contributed by atoms with Crippen molar-refractivity contribution >= 4 is 65.7 Å². The monoisotopic (exact) mass is 664 g/mol. The first-order valence-corrected chi connectivity index (χ1v) is 17.5. The Morgan fingerprint density at radius 1 is 0.288 bits per heavy atom. The van der Waals surface area contributed by atoms with Gasteiger partial charge in [0.25, 0.3) is 0 Å². The molecule has 0 spiro atoms. The standard InChI is InChI=1S/C48H28N2O2/c1-2-8-29(9-3-1)41-20-16-30-14-15-31-17-21-42(50-48(31)47(30)49-41)36-25-34(32-18-22-45-39(27-32)37-10-4-6-12-43(37)51-45)24-35(26-36)33-19-23-46-40(28-33)38-11-5-7-13-44(38)52-46/h1-28H. The highest BCUT2D eigenvalue weighted by molar-refractivity contribution is 6.08. The number of rotatable bonds is 4. The third-order valence-corrected chi connectivity index (χ3v) is 10.2. The fourth-order valence-electron chi connectivity index (χ4n) is 7.62. The van der Waals surface area contributed by atoms with Crippen LogP contribution in [-0.4, -0.2) is 9.97 Å². The van der Waals surface area contributed by atoms with Gasteiger partial charge in [-0.1, -0.05) is 103 Å². The summed E-state index contributed by atoms with van der Waals surface area (Å²) in [7, 11) is 0. The van der Waals surface area contributed by atoms with Crippen LogP contribution in [0.25, 0.3) is 110 Å². The van der Waals surface area contributed by atoms with Crippen LogP contribution in [0.5, 0.6) is 0 Å². The van der Waals surface area contributed by atoms with Gasteiger partial charge >= 0.3 is 0 Å². The third kappa shape index (κ3) is 4.62. The van der Waals surface area contributed by atoms with E-state index < -0.39 is 0 Å².